The third-order valence-corrected chi connectivity index (χ3v) is 5.83. The number of imidazole rings is 1. The van der Waals surface area contributed by atoms with E-state index in [0.717, 1.165) is 28.5 Å². The van der Waals surface area contributed by atoms with Crippen molar-refractivity contribution in [2.45, 2.75) is 13.0 Å². The largest absolute Gasteiger partial charge is 0.464 e. The second-order valence-electron chi connectivity index (χ2n) is 8.08. The minimum absolute atomic E-state index is 0.0627. The fourth-order valence-corrected chi connectivity index (χ4v) is 4.26. The highest BCUT2D eigenvalue weighted by atomic mass is 16.5. The molecule has 5 rings (SSSR count). The molecule has 0 bridgehead atoms. The van der Waals surface area contributed by atoms with Crippen LogP contribution in [0.1, 0.15) is 21.5 Å². The van der Waals surface area contributed by atoms with E-state index in [0.29, 0.717) is 32.8 Å². The molecule has 1 atom stereocenters. The van der Waals surface area contributed by atoms with Crippen LogP contribution in [0.2, 0.25) is 0 Å². The van der Waals surface area contributed by atoms with Crippen molar-refractivity contribution in [3.63, 3.8) is 0 Å². The monoisotopic (exact) mass is 415 g/mol. The first-order valence-electron chi connectivity index (χ1n) is 10.6. The lowest BCUT2D eigenvalue weighted by Crippen LogP contribution is -2.37. The number of aromatic nitrogens is 2. The molecule has 1 aliphatic heterocycles. The summed E-state index contributed by atoms with van der Waals surface area (Å²) < 4.78 is 13.4. The predicted octanol–water partition coefficient (Wildman–Crippen LogP) is 4.01. The van der Waals surface area contributed by atoms with Gasteiger partial charge in [-0.05, 0) is 35.7 Å². The van der Waals surface area contributed by atoms with Crippen LogP contribution in [0.5, 0.6) is 0 Å². The van der Waals surface area contributed by atoms with Gasteiger partial charge in [-0.3, -0.25) is 4.79 Å². The first-order chi connectivity index (χ1) is 15.3. The van der Waals surface area contributed by atoms with Gasteiger partial charge >= 0.3 is 0 Å². The molecule has 0 N–H and O–H groups in total. The van der Waals surface area contributed by atoms with E-state index in [1.165, 1.54) is 5.56 Å². The number of rotatable bonds is 5. The number of carbonyl (C=O) groups excluding carboxylic acids is 1. The quantitative estimate of drug-likeness (QED) is 0.494. The lowest BCUT2D eigenvalue weighted by molar-refractivity contribution is 0.0736. The summed E-state index contributed by atoms with van der Waals surface area (Å²) in [5, 5.41) is 1.10. The maximum atomic E-state index is 13.5. The fourth-order valence-electron chi connectivity index (χ4n) is 4.26. The fraction of sp³-hybridized carbons (Fsp3) is 0.280. The summed E-state index contributed by atoms with van der Waals surface area (Å²) in [5.41, 5.74) is 3.84. The molecular formula is C25H25N3O3. The van der Waals surface area contributed by atoms with E-state index in [2.05, 4.69) is 23.2 Å². The Hall–Kier alpha value is -3.38. The lowest BCUT2D eigenvalue weighted by atomic mass is 9.98. The standard InChI is InChI=1S/C25H25N3O3/c29-25(23-4-2-1-3-22(23)16-27-9-8-26-18-27)28-10-12-30-17-20(15-28)13-19-5-6-21-7-11-31-24(21)14-19/h1-9,11,14,18,20H,10,12-13,15-17H2/t20-/m1/s1. The Bertz CT molecular complexity index is 1170. The van der Waals surface area contributed by atoms with Crippen molar-refractivity contribution in [1.29, 1.82) is 0 Å². The van der Waals surface area contributed by atoms with Crippen molar-refractivity contribution in [1.82, 2.24) is 14.5 Å². The molecule has 31 heavy (non-hydrogen) atoms. The van der Waals surface area contributed by atoms with Gasteiger partial charge in [0.25, 0.3) is 5.91 Å². The minimum atomic E-state index is 0.0627. The molecular weight excluding hydrogens is 390 g/mol. The molecule has 6 heteroatoms. The van der Waals surface area contributed by atoms with Gasteiger partial charge in [0.1, 0.15) is 5.58 Å². The summed E-state index contributed by atoms with van der Waals surface area (Å²) in [6.07, 6.45) is 7.99. The van der Waals surface area contributed by atoms with E-state index in [4.69, 9.17) is 9.15 Å². The third-order valence-electron chi connectivity index (χ3n) is 5.83. The summed E-state index contributed by atoms with van der Waals surface area (Å²) in [5.74, 6) is 0.298. The lowest BCUT2D eigenvalue weighted by Gasteiger charge is -2.25. The van der Waals surface area contributed by atoms with Crippen LogP contribution in [-0.4, -0.2) is 46.7 Å². The van der Waals surface area contributed by atoms with Crippen LogP contribution in [0.4, 0.5) is 0 Å². The van der Waals surface area contributed by atoms with Crippen LogP contribution >= 0.6 is 0 Å². The van der Waals surface area contributed by atoms with Crippen molar-refractivity contribution >= 4 is 16.9 Å². The van der Waals surface area contributed by atoms with Crippen LogP contribution in [0.15, 0.2) is 77.9 Å². The second kappa shape index (κ2) is 8.78. The van der Waals surface area contributed by atoms with Gasteiger partial charge in [-0.1, -0.05) is 30.3 Å². The molecule has 2 aromatic heterocycles. The van der Waals surface area contributed by atoms with Crippen LogP contribution in [0.25, 0.3) is 11.0 Å². The number of furan rings is 1. The van der Waals surface area contributed by atoms with E-state index in [-0.39, 0.29) is 11.8 Å². The summed E-state index contributed by atoms with van der Waals surface area (Å²) in [6, 6.07) is 16.1. The molecule has 0 aliphatic carbocycles. The highest BCUT2D eigenvalue weighted by Gasteiger charge is 2.25. The Morgan fingerprint density at radius 1 is 1.16 bits per heavy atom. The van der Waals surface area contributed by atoms with Crippen molar-refractivity contribution in [3.8, 4) is 0 Å². The molecule has 0 unspecified atom stereocenters. The second-order valence-corrected chi connectivity index (χ2v) is 8.08. The Balaban J connectivity index is 1.33. The molecule has 158 valence electrons. The molecule has 0 spiro atoms. The van der Waals surface area contributed by atoms with Gasteiger partial charge in [0, 0.05) is 48.9 Å². The smallest absolute Gasteiger partial charge is 0.254 e. The van der Waals surface area contributed by atoms with Crippen LogP contribution in [0.3, 0.4) is 0 Å². The highest BCUT2D eigenvalue weighted by molar-refractivity contribution is 5.95. The first-order valence-corrected chi connectivity index (χ1v) is 10.6. The number of amides is 1. The van der Waals surface area contributed by atoms with Gasteiger partial charge in [0.2, 0.25) is 0 Å². The van der Waals surface area contributed by atoms with Gasteiger partial charge in [0.15, 0.2) is 0 Å². The molecule has 4 aromatic rings. The first kappa shape index (κ1) is 19.6. The normalized spacial score (nSPS) is 17.0. The maximum absolute atomic E-state index is 13.5. The summed E-state index contributed by atoms with van der Waals surface area (Å²) in [7, 11) is 0. The Morgan fingerprint density at radius 2 is 2.10 bits per heavy atom. The number of hydrogen-bond acceptors (Lipinski definition) is 4. The van der Waals surface area contributed by atoms with Crippen molar-refractivity contribution < 1.29 is 13.9 Å². The number of benzene rings is 2. The SMILES string of the molecule is O=C(c1ccccc1Cn1ccnc1)N1CCOC[C@H](Cc2ccc3ccoc3c2)C1. The number of hydrogen-bond donors (Lipinski definition) is 0. The molecule has 2 aromatic carbocycles. The zero-order valence-corrected chi connectivity index (χ0v) is 17.3. The summed E-state index contributed by atoms with van der Waals surface area (Å²) in [4.78, 5) is 19.5. The van der Waals surface area contributed by atoms with Gasteiger partial charge in [0.05, 0.1) is 25.8 Å². The molecule has 1 amide bonds. The molecule has 1 saturated heterocycles. The van der Waals surface area contributed by atoms with E-state index in [9.17, 15) is 4.79 Å². The van der Waals surface area contributed by atoms with Gasteiger partial charge in [-0.15, -0.1) is 0 Å². The number of fused-ring (bicyclic) bond motifs is 1. The predicted molar refractivity (Wildman–Crippen MR) is 118 cm³/mol. The van der Waals surface area contributed by atoms with Crippen molar-refractivity contribution in [2.75, 3.05) is 26.3 Å². The molecule has 0 saturated carbocycles. The Labute approximate surface area is 181 Å². The van der Waals surface area contributed by atoms with Crippen LogP contribution in [-0.2, 0) is 17.7 Å². The van der Waals surface area contributed by atoms with E-state index in [1.54, 1.807) is 18.8 Å². The van der Waals surface area contributed by atoms with Gasteiger partial charge in [-0.25, -0.2) is 4.98 Å². The average Bonchev–Trinajstić information content (AvgIpc) is 3.42. The number of carbonyl (C=O) groups is 1. The number of ether oxygens (including phenoxy) is 1. The highest BCUT2D eigenvalue weighted by Crippen LogP contribution is 2.22. The van der Waals surface area contributed by atoms with Gasteiger partial charge in [-0.2, -0.15) is 0 Å². The zero-order chi connectivity index (χ0) is 21.0. The van der Waals surface area contributed by atoms with Crippen LogP contribution < -0.4 is 0 Å². The van der Waals surface area contributed by atoms with Gasteiger partial charge < -0.3 is 18.6 Å². The molecule has 1 fully saturated rings. The third kappa shape index (κ3) is 4.39. The minimum Gasteiger partial charge on any atom is -0.464 e. The molecule has 1 aliphatic rings. The topological polar surface area (TPSA) is 60.5 Å². The molecule has 6 nitrogen and oxygen atoms in total. The van der Waals surface area contributed by atoms with E-state index in [1.807, 2.05) is 46.0 Å². The molecule has 0 radical (unpaired) electrons. The molecule has 3 heterocycles. The summed E-state index contributed by atoms with van der Waals surface area (Å²) >= 11 is 0. The van der Waals surface area contributed by atoms with Crippen molar-refractivity contribution in [3.05, 3.63) is 90.2 Å². The average molecular weight is 415 g/mol. The number of nitrogens with zero attached hydrogens (tertiary/aromatic N) is 3. The summed E-state index contributed by atoms with van der Waals surface area (Å²) in [6.45, 7) is 3.11. The Kier molecular flexibility index (Phi) is 5.54. The van der Waals surface area contributed by atoms with Crippen LogP contribution in [0, 0.1) is 5.92 Å². The van der Waals surface area contributed by atoms with E-state index < -0.39 is 0 Å². The maximum Gasteiger partial charge on any atom is 0.254 e. The van der Waals surface area contributed by atoms with Crippen molar-refractivity contribution in [2.24, 2.45) is 5.92 Å². The Morgan fingerprint density at radius 3 is 3.00 bits per heavy atom. The van der Waals surface area contributed by atoms with E-state index >= 15 is 0 Å². The zero-order valence-electron chi connectivity index (χ0n) is 17.3.